The Labute approximate surface area is 99.7 Å². The topological polar surface area (TPSA) is 40.5 Å². The average molecular weight is 239 g/mol. The fourth-order valence-electron chi connectivity index (χ4n) is 2.04. The van der Waals surface area contributed by atoms with E-state index in [0.29, 0.717) is 0 Å². The van der Waals surface area contributed by atoms with E-state index < -0.39 is 5.97 Å². The summed E-state index contributed by atoms with van der Waals surface area (Å²) in [6.07, 6.45) is 1.85. The predicted molar refractivity (Wildman–Crippen MR) is 64.9 cm³/mol. The first-order valence-corrected chi connectivity index (χ1v) is 6.43. The first-order chi connectivity index (χ1) is 7.59. The van der Waals surface area contributed by atoms with E-state index in [1.807, 2.05) is 7.05 Å². The minimum Gasteiger partial charge on any atom is -0.481 e. The Kier molecular flexibility index (Phi) is 3.30. The van der Waals surface area contributed by atoms with Gasteiger partial charge in [0.2, 0.25) is 0 Å². The molecule has 16 heavy (non-hydrogen) atoms. The van der Waals surface area contributed by atoms with Crippen molar-refractivity contribution in [3.8, 4) is 0 Å². The largest absolute Gasteiger partial charge is 0.481 e. The molecule has 1 saturated carbocycles. The number of aryl methyl sites for hydroxylation is 1. The van der Waals surface area contributed by atoms with Crippen molar-refractivity contribution in [2.75, 3.05) is 13.6 Å². The standard InChI is InChI=1S/C12H17NO2S/c1-8-4-6-16-11(8)3-5-13(2)10-7-9(10)12(14)15/h4,6,9-10H,3,5,7H2,1-2H3,(H,14,15). The van der Waals surface area contributed by atoms with Gasteiger partial charge in [0.25, 0.3) is 0 Å². The first kappa shape index (κ1) is 11.6. The Morgan fingerprint density at radius 3 is 2.94 bits per heavy atom. The van der Waals surface area contributed by atoms with Gasteiger partial charge in [-0.25, -0.2) is 0 Å². The van der Waals surface area contributed by atoms with E-state index in [-0.39, 0.29) is 12.0 Å². The van der Waals surface area contributed by atoms with Crippen LogP contribution in [0.15, 0.2) is 11.4 Å². The van der Waals surface area contributed by atoms with Crippen LogP contribution in [0.4, 0.5) is 0 Å². The van der Waals surface area contributed by atoms with Gasteiger partial charge < -0.3 is 10.0 Å². The number of rotatable bonds is 5. The van der Waals surface area contributed by atoms with Gasteiger partial charge in [-0.1, -0.05) is 0 Å². The lowest BCUT2D eigenvalue weighted by molar-refractivity contribution is -0.138. The third-order valence-electron chi connectivity index (χ3n) is 3.30. The Morgan fingerprint density at radius 1 is 1.69 bits per heavy atom. The molecule has 2 rings (SSSR count). The van der Waals surface area contributed by atoms with Crippen LogP contribution in [0.2, 0.25) is 0 Å². The summed E-state index contributed by atoms with van der Waals surface area (Å²) in [5.74, 6) is -0.779. The van der Waals surface area contributed by atoms with E-state index in [0.717, 1.165) is 19.4 Å². The molecule has 0 aliphatic heterocycles. The molecule has 88 valence electrons. The predicted octanol–water partition coefficient (Wildman–Crippen LogP) is 2.00. The summed E-state index contributed by atoms with van der Waals surface area (Å²) < 4.78 is 0. The van der Waals surface area contributed by atoms with Crippen LogP contribution >= 0.6 is 11.3 Å². The monoisotopic (exact) mass is 239 g/mol. The van der Waals surface area contributed by atoms with Crippen LogP contribution in [-0.4, -0.2) is 35.6 Å². The smallest absolute Gasteiger partial charge is 0.308 e. The molecule has 1 aromatic rings. The lowest BCUT2D eigenvalue weighted by Crippen LogP contribution is -2.26. The van der Waals surface area contributed by atoms with Crippen LogP contribution in [0.25, 0.3) is 0 Å². The average Bonchev–Trinajstić information content (AvgIpc) is 2.94. The fourth-order valence-corrected chi connectivity index (χ4v) is 2.94. The first-order valence-electron chi connectivity index (χ1n) is 5.55. The number of carboxylic acid groups (broad SMARTS) is 1. The highest BCUT2D eigenvalue weighted by Crippen LogP contribution is 2.35. The Bertz CT molecular complexity index is 388. The second kappa shape index (κ2) is 4.55. The number of carboxylic acids is 1. The number of nitrogens with zero attached hydrogens (tertiary/aromatic N) is 1. The highest BCUT2D eigenvalue weighted by molar-refractivity contribution is 7.10. The summed E-state index contributed by atoms with van der Waals surface area (Å²) in [5.41, 5.74) is 1.35. The Balaban J connectivity index is 1.79. The lowest BCUT2D eigenvalue weighted by Gasteiger charge is -2.15. The van der Waals surface area contributed by atoms with E-state index >= 15 is 0 Å². The van der Waals surface area contributed by atoms with Gasteiger partial charge in [0.15, 0.2) is 0 Å². The molecule has 1 N–H and O–H groups in total. The second-order valence-corrected chi connectivity index (χ2v) is 5.51. The molecule has 2 unspecified atom stereocenters. The minimum absolute atomic E-state index is 0.130. The molecule has 0 spiro atoms. The third kappa shape index (κ3) is 2.44. The van der Waals surface area contributed by atoms with Crippen molar-refractivity contribution in [2.24, 2.45) is 5.92 Å². The SMILES string of the molecule is Cc1ccsc1CCN(C)C1CC1C(=O)O. The summed E-state index contributed by atoms with van der Waals surface area (Å²) in [4.78, 5) is 14.3. The van der Waals surface area contributed by atoms with E-state index in [1.54, 1.807) is 11.3 Å². The maximum atomic E-state index is 10.7. The zero-order valence-electron chi connectivity index (χ0n) is 9.64. The van der Waals surface area contributed by atoms with Gasteiger partial charge in [-0.2, -0.15) is 0 Å². The van der Waals surface area contributed by atoms with Crippen LogP contribution in [0.5, 0.6) is 0 Å². The summed E-state index contributed by atoms with van der Waals surface area (Å²) in [6, 6.07) is 2.40. The van der Waals surface area contributed by atoms with Gasteiger partial charge in [-0.3, -0.25) is 4.79 Å². The molecule has 0 amide bonds. The molecule has 1 aliphatic rings. The molecule has 1 aromatic heterocycles. The van der Waals surface area contributed by atoms with E-state index in [4.69, 9.17) is 5.11 Å². The zero-order valence-corrected chi connectivity index (χ0v) is 10.5. The molecular weight excluding hydrogens is 222 g/mol. The maximum absolute atomic E-state index is 10.7. The minimum atomic E-state index is -0.649. The number of aliphatic carboxylic acids is 1. The molecule has 0 radical (unpaired) electrons. The zero-order chi connectivity index (χ0) is 11.7. The van der Waals surface area contributed by atoms with Crippen molar-refractivity contribution in [1.29, 1.82) is 0 Å². The van der Waals surface area contributed by atoms with Gasteiger partial charge in [0, 0.05) is 17.5 Å². The third-order valence-corrected chi connectivity index (χ3v) is 4.38. The van der Waals surface area contributed by atoms with Crippen molar-refractivity contribution in [2.45, 2.75) is 25.8 Å². The molecule has 0 aromatic carbocycles. The van der Waals surface area contributed by atoms with Crippen molar-refractivity contribution in [3.05, 3.63) is 21.9 Å². The number of likely N-dealkylation sites (N-methyl/N-ethyl adjacent to an activating group) is 1. The van der Waals surface area contributed by atoms with Crippen molar-refractivity contribution < 1.29 is 9.90 Å². The highest BCUT2D eigenvalue weighted by atomic mass is 32.1. The molecule has 1 heterocycles. The molecule has 1 fully saturated rings. The van der Waals surface area contributed by atoms with Crippen molar-refractivity contribution >= 4 is 17.3 Å². The summed E-state index contributed by atoms with van der Waals surface area (Å²) in [6.45, 7) is 3.08. The summed E-state index contributed by atoms with van der Waals surface area (Å²) >= 11 is 1.79. The van der Waals surface area contributed by atoms with Gasteiger partial charge in [-0.05, 0) is 43.8 Å². The van der Waals surface area contributed by atoms with Crippen molar-refractivity contribution in [3.63, 3.8) is 0 Å². The Hall–Kier alpha value is -0.870. The fraction of sp³-hybridized carbons (Fsp3) is 0.583. The van der Waals surface area contributed by atoms with Crippen LogP contribution in [0.3, 0.4) is 0 Å². The van der Waals surface area contributed by atoms with Gasteiger partial charge in [-0.15, -0.1) is 11.3 Å². The Morgan fingerprint density at radius 2 is 2.44 bits per heavy atom. The molecular formula is C12H17NO2S. The van der Waals surface area contributed by atoms with Gasteiger partial charge >= 0.3 is 5.97 Å². The van der Waals surface area contributed by atoms with Crippen molar-refractivity contribution in [1.82, 2.24) is 4.90 Å². The van der Waals surface area contributed by atoms with Gasteiger partial charge in [0.1, 0.15) is 0 Å². The molecule has 0 saturated heterocycles. The van der Waals surface area contributed by atoms with Crippen LogP contribution in [0.1, 0.15) is 16.9 Å². The van der Waals surface area contributed by atoms with Crippen LogP contribution < -0.4 is 0 Å². The van der Waals surface area contributed by atoms with E-state index in [1.165, 1.54) is 10.4 Å². The van der Waals surface area contributed by atoms with E-state index in [2.05, 4.69) is 23.3 Å². The normalized spacial score (nSPS) is 23.7. The van der Waals surface area contributed by atoms with Crippen LogP contribution in [0, 0.1) is 12.8 Å². The molecule has 3 nitrogen and oxygen atoms in total. The summed E-state index contributed by atoms with van der Waals surface area (Å²) in [5, 5.41) is 11.0. The van der Waals surface area contributed by atoms with Gasteiger partial charge in [0.05, 0.1) is 5.92 Å². The number of thiophene rings is 1. The van der Waals surface area contributed by atoms with Crippen LogP contribution in [-0.2, 0) is 11.2 Å². The lowest BCUT2D eigenvalue weighted by atomic mass is 10.2. The number of hydrogen-bond acceptors (Lipinski definition) is 3. The van der Waals surface area contributed by atoms with E-state index in [9.17, 15) is 4.79 Å². The second-order valence-electron chi connectivity index (χ2n) is 4.51. The quantitative estimate of drug-likeness (QED) is 0.854. The summed E-state index contributed by atoms with van der Waals surface area (Å²) in [7, 11) is 2.02. The molecule has 4 heteroatoms. The number of hydrogen-bond donors (Lipinski definition) is 1. The molecule has 0 bridgehead atoms. The maximum Gasteiger partial charge on any atom is 0.308 e. The number of carbonyl (C=O) groups is 1. The highest BCUT2D eigenvalue weighted by Gasteiger charge is 2.45. The molecule has 1 aliphatic carbocycles. The molecule has 2 atom stereocenters.